The van der Waals surface area contributed by atoms with Gasteiger partial charge >= 0.3 is 0 Å². The second-order valence-corrected chi connectivity index (χ2v) is 16.2. The van der Waals surface area contributed by atoms with Crippen molar-refractivity contribution in [2.24, 2.45) is 9.98 Å². The maximum atomic E-state index is 9.53. The predicted octanol–water partition coefficient (Wildman–Crippen LogP) is 12.1. The van der Waals surface area contributed by atoms with E-state index < -0.39 is 5.41 Å². The van der Waals surface area contributed by atoms with E-state index in [2.05, 4.69) is 164 Å². The second-order valence-electron chi connectivity index (χ2n) is 16.2. The Morgan fingerprint density at radius 3 is 2.42 bits per heavy atom. The molecule has 3 atom stereocenters. The number of rotatable bonds is 7. The highest BCUT2D eigenvalue weighted by molar-refractivity contribution is 6.13. The van der Waals surface area contributed by atoms with Crippen molar-refractivity contribution in [1.82, 2.24) is 5.32 Å². The third kappa shape index (κ3) is 6.50. The van der Waals surface area contributed by atoms with Gasteiger partial charge in [-0.1, -0.05) is 140 Å². The Labute approximate surface area is 352 Å². The fourth-order valence-corrected chi connectivity index (χ4v) is 9.71. The van der Waals surface area contributed by atoms with E-state index in [9.17, 15) is 5.26 Å². The Morgan fingerprint density at radius 2 is 1.62 bits per heavy atom. The largest absolute Gasteiger partial charge is 0.485 e. The SMILES string of the molecule is C/C=C\C=C(/C)C1=CC=C(C2=NC(c3ccccc3)=NC(Cc3ccc4c(c3)C3(C5=CCC=CCC5Oc5ccccc53)c3cc(-c5ccc(C#N)cc5)ccc3-4)N2)CC1. The average molecular weight is 779 g/mol. The number of nitriles is 1. The van der Waals surface area contributed by atoms with E-state index >= 15 is 0 Å². The van der Waals surface area contributed by atoms with Crippen LogP contribution in [-0.4, -0.2) is 23.9 Å². The van der Waals surface area contributed by atoms with E-state index in [-0.39, 0.29) is 12.3 Å². The first-order chi connectivity index (χ1) is 29.5. The second kappa shape index (κ2) is 15.6. The van der Waals surface area contributed by atoms with Gasteiger partial charge in [-0.15, -0.1) is 0 Å². The molecular formula is C55H46N4O. The van der Waals surface area contributed by atoms with Crippen molar-refractivity contribution in [2.75, 3.05) is 0 Å². The van der Waals surface area contributed by atoms with E-state index in [1.165, 1.54) is 55.7 Å². The predicted molar refractivity (Wildman–Crippen MR) is 244 cm³/mol. The zero-order valence-electron chi connectivity index (χ0n) is 34.0. The molecule has 2 heterocycles. The molecule has 1 spiro atoms. The zero-order chi connectivity index (χ0) is 40.6. The van der Waals surface area contributed by atoms with E-state index in [1.54, 1.807) is 0 Å². The van der Waals surface area contributed by atoms with Crippen molar-refractivity contribution in [3.8, 4) is 34.1 Å². The monoisotopic (exact) mass is 778 g/mol. The van der Waals surface area contributed by atoms with Gasteiger partial charge in [0.25, 0.3) is 0 Å². The highest BCUT2D eigenvalue weighted by atomic mass is 16.5. The Morgan fingerprint density at radius 1 is 0.833 bits per heavy atom. The molecule has 5 heteroatoms. The van der Waals surface area contributed by atoms with Gasteiger partial charge in [-0.3, -0.25) is 0 Å². The molecule has 0 saturated heterocycles. The molecule has 0 radical (unpaired) electrons. The summed E-state index contributed by atoms with van der Waals surface area (Å²) in [5, 5.41) is 13.3. The molecule has 3 unspecified atom stereocenters. The number of ether oxygens (including phenoxy) is 1. The summed E-state index contributed by atoms with van der Waals surface area (Å²) in [6, 6.07) is 43.2. The summed E-state index contributed by atoms with van der Waals surface area (Å²) < 4.78 is 6.88. The van der Waals surface area contributed by atoms with Gasteiger partial charge in [0.1, 0.15) is 23.9 Å². The Bertz CT molecular complexity index is 2820. The summed E-state index contributed by atoms with van der Waals surface area (Å²) in [5.74, 6) is 2.59. The normalized spacial score (nSPS) is 21.4. The molecule has 5 aromatic carbocycles. The number of aliphatic imine (C=N–C) groups is 2. The molecular weight excluding hydrogens is 733 g/mol. The van der Waals surface area contributed by atoms with Gasteiger partial charge in [-0.05, 0) is 119 Å². The van der Waals surface area contributed by atoms with E-state index in [4.69, 9.17) is 14.7 Å². The van der Waals surface area contributed by atoms with Crippen molar-refractivity contribution in [1.29, 1.82) is 5.26 Å². The maximum absolute atomic E-state index is 9.53. The van der Waals surface area contributed by atoms with Crippen LogP contribution in [0.5, 0.6) is 5.75 Å². The molecule has 10 rings (SSSR count). The van der Waals surface area contributed by atoms with Crippen LogP contribution in [0.1, 0.15) is 72.9 Å². The number of hydrogen-bond acceptors (Lipinski definition) is 5. The number of nitrogens with one attached hydrogen (secondary N) is 1. The summed E-state index contributed by atoms with van der Waals surface area (Å²) in [4.78, 5) is 10.4. The number of benzene rings is 5. The standard InChI is InChI=1S/C55H46N4O/c1-3-4-13-36(2)39-25-27-42(28-26-39)54-58-52(57-53(59-54)41-14-7-5-8-15-41)33-38-22-30-44-45-31-29-43(40-23-20-37(35-56)21-24-40)34-49(45)55(48(44)32-38)46-16-9-6-10-18-50(46)60-51-19-12-11-17-47(51)55/h3-8,10-17,19-25,27,29-32,34,50,52H,9,18,26,28,33H2,1-2H3,(H,57,58,59)/b4-3-,36-13+. The van der Waals surface area contributed by atoms with E-state index in [0.717, 1.165) is 59.8 Å². The molecule has 60 heavy (non-hydrogen) atoms. The third-order valence-electron chi connectivity index (χ3n) is 12.6. The van der Waals surface area contributed by atoms with Gasteiger partial charge in [0.2, 0.25) is 0 Å². The molecule has 5 aliphatic rings. The summed E-state index contributed by atoms with van der Waals surface area (Å²) in [5.41, 5.74) is 15.9. The smallest absolute Gasteiger partial charge is 0.159 e. The van der Waals surface area contributed by atoms with Crippen molar-refractivity contribution in [2.45, 2.75) is 63.6 Å². The maximum Gasteiger partial charge on any atom is 0.159 e. The molecule has 0 aromatic heterocycles. The average Bonchev–Trinajstić information content (AvgIpc) is 3.39. The van der Waals surface area contributed by atoms with Gasteiger partial charge in [-0.25, -0.2) is 9.98 Å². The molecule has 5 aromatic rings. The zero-order valence-corrected chi connectivity index (χ0v) is 34.0. The van der Waals surface area contributed by atoms with Gasteiger partial charge in [0.15, 0.2) is 5.84 Å². The van der Waals surface area contributed by atoms with Crippen LogP contribution in [0, 0.1) is 11.3 Å². The Balaban J connectivity index is 1.08. The summed E-state index contributed by atoms with van der Waals surface area (Å²) in [7, 11) is 0. The van der Waals surface area contributed by atoms with Gasteiger partial charge in [0.05, 0.1) is 17.0 Å². The highest BCUT2D eigenvalue weighted by Crippen LogP contribution is 2.62. The minimum atomic E-state index is -0.559. The lowest BCUT2D eigenvalue weighted by Gasteiger charge is -2.44. The van der Waals surface area contributed by atoms with Crippen LogP contribution < -0.4 is 10.1 Å². The first-order valence-electron chi connectivity index (χ1n) is 21.1. The van der Waals surface area contributed by atoms with E-state index in [1.807, 2.05) is 25.1 Å². The molecule has 292 valence electrons. The number of para-hydroxylation sites is 1. The van der Waals surface area contributed by atoms with Crippen molar-refractivity contribution >= 4 is 11.7 Å². The van der Waals surface area contributed by atoms with Crippen molar-refractivity contribution in [3.63, 3.8) is 0 Å². The Hall–Kier alpha value is -7.03. The minimum Gasteiger partial charge on any atom is -0.485 e. The topological polar surface area (TPSA) is 69.8 Å². The number of allylic oxidation sites excluding steroid dienone is 9. The number of hydrogen-bond donors (Lipinski definition) is 1. The lowest BCUT2D eigenvalue weighted by molar-refractivity contribution is 0.207. The molecule has 2 aliphatic heterocycles. The fourth-order valence-electron chi connectivity index (χ4n) is 9.71. The van der Waals surface area contributed by atoms with Gasteiger partial charge < -0.3 is 10.1 Å². The van der Waals surface area contributed by atoms with Gasteiger partial charge in [-0.2, -0.15) is 5.26 Å². The summed E-state index contributed by atoms with van der Waals surface area (Å²) in [6.07, 6.45) is 21.7. The van der Waals surface area contributed by atoms with Gasteiger partial charge in [0, 0.05) is 24.0 Å². The molecule has 0 amide bonds. The third-order valence-corrected chi connectivity index (χ3v) is 12.6. The fraction of sp³-hybridized carbons (Fsp3) is 0.182. The lowest BCUT2D eigenvalue weighted by atomic mass is 9.63. The number of amidine groups is 2. The summed E-state index contributed by atoms with van der Waals surface area (Å²) in [6.45, 7) is 4.24. The Kier molecular flexibility index (Phi) is 9.70. The first-order valence-corrected chi connectivity index (χ1v) is 21.1. The van der Waals surface area contributed by atoms with Crippen LogP contribution in [0.25, 0.3) is 22.3 Å². The van der Waals surface area contributed by atoms with Crippen molar-refractivity contribution < 1.29 is 4.74 Å². The van der Waals surface area contributed by atoms with E-state index in [0.29, 0.717) is 12.0 Å². The molecule has 1 N–H and O–H groups in total. The lowest BCUT2D eigenvalue weighted by Crippen LogP contribution is -2.42. The molecule has 0 bridgehead atoms. The van der Waals surface area contributed by atoms with Crippen molar-refractivity contribution in [3.05, 3.63) is 220 Å². The molecule has 0 fully saturated rings. The van der Waals surface area contributed by atoms with Crippen LogP contribution in [0.4, 0.5) is 0 Å². The van der Waals surface area contributed by atoms with Crippen LogP contribution >= 0.6 is 0 Å². The minimum absolute atomic E-state index is 0.0998. The number of fused-ring (bicyclic) bond motifs is 9. The number of nitrogens with zero attached hydrogens (tertiary/aromatic N) is 3. The molecule has 3 aliphatic carbocycles. The molecule has 5 nitrogen and oxygen atoms in total. The first kappa shape index (κ1) is 37.3. The van der Waals surface area contributed by atoms with Crippen LogP contribution in [0.2, 0.25) is 0 Å². The highest BCUT2D eigenvalue weighted by Gasteiger charge is 2.53. The molecule has 0 saturated carbocycles. The summed E-state index contributed by atoms with van der Waals surface area (Å²) >= 11 is 0. The quantitative estimate of drug-likeness (QED) is 0.132. The van der Waals surface area contributed by atoms with Crippen LogP contribution in [-0.2, 0) is 11.8 Å². The van der Waals surface area contributed by atoms with Crippen LogP contribution in [0.15, 0.2) is 196 Å². The van der Waals surface area contributed by atoms with Crippen LogP contribution in [0.3, 0.4) is 0 Å².